The van der Waals surface area contributed by atoms with Crippen LogP contribution in [-0.4, -0.2) is 63.4 Å². The third-order valence-corrected chi connectivity index (χ3v) is 4.70. The van der Waals surface area contributed by atoms with Crippen molar-refractivity contribution < 1.29 is 9.63 Å². The van der Waals surface area contributed by atoms with Gasteiger partial charge in [-0.25, -0.2) is 0 Å². The van der Waals surface area contributed by atoms with Crippen molar-refractivity contribution in [3.63, 3.8) is 0 Å². The Bertz CT molecular complexity index is 448. The van der Waals surface area contributed by atoms with Crippen molar-refractivity contribution in [3.05, 3.63) is 11.7 Å². The van der Waals surface area contributed by atoms with Crippen LogP contribution in [0.15, 0.2) is 4.52 Å². The van der Waals surface area contributed by atoms with Gasteiger partial charge in [-0.15, -0.1) is 0 Å². The maximum Gasteiger partial charge on any atom is 0.223 e. The average molecular weight is 294 g/mol. The van der Waals surface area contributed by atoms with Crippen molar-refractivity contribution in [2.75, 3.05) is 32.7 Å². The summed E-state index contributed by atoms with van der Waals surface area (Å²) in [5, 5.41) is 14.6. The van der Waals surface area contributed by atoms with E-state index in [4.69, 9.17) is 4.52 Å². The highest BCUT2D eigenvalue weighted by Gasteiger charge is 2.32. The molecule has 0 radical (unpaired) electrons. The molecule has 118 valence electrons. The lowest BCUT2D eigenvalue weighted by molar-refractivity contribution is -0.0361. The number of nitrogens with zero attached hydrogens (tertiary/aromatic N) is 4. The van der Waals surface area contributed by atoms with Crippen LogP contribution in [-0.2, 0) is 6.54 Å². The molecule has 3 rings (SSSR count). The minimum atomic E-state index is -0.439. The van der Waals surface area contributed by atoms with Crippen LogP contribution in [0.1, 0.15) is 43.8 Å². The lowest BCUT2D eigenvalue weighted by Gasteiger charge is -2.40. The molecular formula is C15H26N4O2. The average Bonchev–Trinajstić information content (AvgIpc) is 2.87. The molecule has 0 unspecified atom stereocenters. The maximum atomic E-state index is 10.6. The SMILES string of the molecule is Cc1nc(CN2CCN(CC3(O)CCCCC3)CC2)no1. The Kier molecular flexibility index (Phi) is 4.57. The Morgan fingerprint density at radius 2 is 1.76 bits per heavy atom. The second-order valence-corrected chi connectivity index (χ2v) is 6.57. The molecule has 1 saturated carbocycles. The minimum absolute atomic E-state index is 0.439. The van der Waals surface area contributed by atoms with E-state index in [1.165, 1.54) is 19.3 Å². The Balaban J connectivity index is 1.44. The molecule has 21 heavy (non-hydrogen) atoms. The molecule has 0 bridgehead atoms. The fraction of sp³-hybridized carbons (Fsp3) is 0.867. The molecule has 6 heteroatoms. The largest absolute Gasteiger partial charge is 0.389 e. The summed E-state index contributed by atoms with van der Waals surface area (Å²) in [5.41, 5.74) is -0.439. The summed E-state index contributed by atoms with van der Waals surface area (Å²) in [5.74, 6) is 1.40. The van der Waals surface area contributed by atoms with Crippen LogP contribution < -0.4 is 0 Å². The second kappa shape index (κ2) is 6.42. The molecule has 1 aromatic rings. The number of piperazine rings is 1. The minimum Gasteiger partial charge on any atom is -0.389 e. The number of hydrogen-bond acceptors (Lipinski definition) is 6. The molecule has 1 aliphatic heterocycles. The zero-order valence-electron chi connectivity index (χ0n) is 12.9. The molecule has 0 atom stereocenters. The van der Waals surface area contributed by atoms with Gasteiger partial charge in [0, 0.05) is 39.6 Å². The van der Waals surface area contributed by atoms with Crippen LogP contribution in [0.25, 0.3) is 0 Å². The summed E-state index contributed by atoms with van der Waals surface area (Å²) in [7, 11) is 0. The monoisotopic (exact) mass is 294 g/mol. The Labute approximate surface area is 126 Å². The van der Waals surface area contributed by atoms with Gasteiger partial charge in [-0.2, -0.15) is 4.98 Å². The number of aryl methyl sites for hydroxylation is 1. The summed E-state index contributed by atoms with van der Waals surface area (Å²) in [4.78, 5) is 9.01. The summed E-state index contributed by atoms with van der Waals surface area (Å²) in [6.45, 7) is 7.45. The van der Waals surface area contributed by atoms with E-state index >= 15 is 0 Å². The van der Waals surface area contributed by atoms with E-state index in [9.17, 15) is 5.11 Å². The topological polar surface area (TPSA) is 65.6 Å². The molecular weight excluding hydrogens is 268 g/mol. The number of rotatable bonds is 4. The fourth-order valence-corrected chi connectivity index (χ4v) is 3.50. The molecule has 6 nitrogen and oxygen atoms in total. The molecule has 0 spiro atoms. The van der Waals surface area contributed by atoms with Crippen molar-refractivity contribution in [3.8, 4) is 0 Å². The summed E-state index contributed by atoms with van der Waals surface area (Å²) in [6, 6.07) is 0. The van der Waals surface area contributed by atoms with Crippen LogP contribution in [0.4, 0.5) is 0 Å². The first-order chi connectivity index (χ1) is 10.1. The molecule has 1 saturated heterocycles. The van der Waals surface area contributed by atoms with Gasteiger partial charge >= 0.3 is 0 Å². The van der Waals surface area contributed by atoms with E-state index in [-0.39, 0.29) is 0 Å². The molecule has 2 fully saturated rings. The molecule has 0 aromatic carbocycles. The van der Waals surface area contributed by atoms with Gasteiger partial charge in [-0.3, -0.25) is 9.80 Å². The number of aromatic nitrogens is 2. The second-order valence-electron chi connectivity index (χ2n) is 6.57. The highest BCUT2D eigenvalue weighted by molar-refractivity contribution is 4.89. The quantitative estimate of drug-likeness (QED) is 0.900. The molecule has 1 aromatic heterocycles. The zero-order chi connectivity index (χ0) is 14.7. The number of aliphatic hydroxyl groups is 1. The van der Waals surface area contributed by atoms with Gasteiger partial charge in [0.1, 0.15) is 0 Å². The first-order valence-electron chi connectivity index (χ1n) is 8.09. The molecule has 0 amide bonds. The van der Waals surface area contributed by atoms with Crippen molar-refractivity contribution >= 4 is 0 Å². The van der Waals surface area contributed by atoms with Crippen molar-refractivity contribution in [2.24, 2.45) is 0 Å². The first kappa shape index (κ1) is 14.9. The number of hydrogen-bond donors (Lipinski definition) is 1. The van der Waals surface area contributed by atoms with Crippen LogP contribution in [0.3, 0.4) is 0 Å². The predicted molar refractivity (Wildman–Crippen MR) is 78.8 cm³/mol. The van der Waals surface area contributed by atoms with Crippen molar-refractivity contribution in [2.45, 2.75) is 51.2 Å². The van der Waals surface area contributed by atoms with Crippen LogP contribution in [0.2, 0.25) is 0 Å². The van der Waals surface area contributed by atoms with E-state index in [1.807, 2.05) is 6.92 Å². The smallest absolute Gasteiger partial charge is 0.223 e. The Morgan fingerprint density at radius 3 is 2.38 bits per heavy atom. The van der Waals surface area contributed by atoms with Gasteiger partial charge in [0.05, 0.1) is 12.1 Å². The van der Waals surface area contributed by atoms with Crippen molar-refractivity contribution in [1.82, 2.24) is 19.9 Å². The third-order valence-electron chi connectivity index (χ3n) is 4.70. The van der Waals surface area contributed by atoms with E-state index in [1.54, 1.807) is 0 Å². The van der Waals surface area contributed by atoms with Gasteiger partial charge in [0.25, 0.3) is 0 Å². The standard InChI is InChI=1S/C15H26N4O2/c1-13-16-14(17-21-13)11-18-7-9-19(10-8-18)12-15(20)5-3-2-4-6-15/h20H,2-12H2,1H3. The van der Waals surface area contributed by atoms with Gasteiger partial charge in [0.2, 0.25) is 5.89 Å². The normalized spacial score (nSPS) is 24.3. The lowest BCUT2D eigenvalue weighted by atomic mass is 9.84. The van der Waals surface area contributed by atoms with Gasteiger partial charge in [0.15, 0.2) is 5.82 Å². The summed E-state index contributed by atoms with van der Waals surface area (Å²) >= 11 is 0. The van der Waals surface area contributed by atoms with E-state index in [2.05, 4.69) is 19.9 Å². The van der Waals surface area contributed by atoms with E-state index < -0.39 is 5.60 Å². The molecule has 1 aliphatic carbocycles. The predicted octanol–water partition coefficient (Wildman–Crippen LogP) is 1.19. The number of β-amino-alcohol motifs (C(OH)–C–C–N with tert-alkyl or cyclic N) is 1. The Hall–Kier alpha value is -0.980. The fourth-order valence-electron chi connectivity index (χ4n) is 3.50. The van der Waals surface area contributed by atoms with E-state index in [0.29, 0.717) is 5.89 Å². The summed E-state index contributed by atoms with van der Waals surface area (Å²) in [6.07, 6.45) is 5.56. The Morgan fingerprint density at radius 1 is 1.10 bits per heavy atom. The maximum absolute atomic E-state index is 10.6. The highest BCUT2D eigenvalue weighted by atomic mass is 16.5. The van der Waals surface area contributed by atoms with Crippen molar-refractivity contribution in [1.29, 1.82) is 0 Å². The van der Waals surface area contributed by atoms with Gasteiger partial charge < -0.3 is 9.63 Å². The first-order valence-corrected chi connectivity index (χ1v) is 8.09. The summed E-state index contributed by atoms with van der Waals surface area (Å²) < 4.78 is 5.01. The highest BCUT2D eigenvalue weighted by Crippen LogP contribution is 2.29. The van der Waals surface area contributed by atoms with Crippen LogP contribution >= 0.6 is 0 Å². The van der Waals surface area contributed by atoms with Crippen LogP contribution in [0, 0.1) is 6.92 Å². The van der Waals surface area contributed by atoms with Gasteiger partial charge in [-0.05, 0) is 12.8 Å². The van der Waals surface area contributed by atoms with E-state index in [0.717, 1.165) is 57.9 Å². The lowest BCUT2D eigenvalue weighted by Crippen LogP contribution is -2.52. The third kappa shape index (κ3) is 4.02. The van der Waals surface area contributed by atoms with Gasteiger partial charge in [-0.1, -0.05) is 24.4 Å². The molecule has 2 aliphatic rings. The van der Waals surface area contributed by atoms with Crippen LogP contribution in [0.5, 0.6) is 0 Å². The zero-order valence-corrected chi connectivity index (χ0v) is 12.9. The molecule has 1 N–H and O–H groups in total. The molecule has 2 heterocycles.